The van der Waals surface area contributed by atoms with E-state index in [0.717, 1.165) is 6.07 Å². The summed E-state index contributed by atoms with van der Waals surface area (Å²) in [5.74, 6) is -1.45. The van der Waals surface area contributed by atoms with Gasteiger partial charge in [0.05, 0.1) is 16.8 Å². The van der Waals surface area contributed by atoms with Crippen LogP contribution in [0, 0.1) is 0 Å². The van der Waals surface area contributed by atoms with Crippen LogP contribution in [0.25, 0.3) is 0 Å². The topological polar surface area (TPSA) is 78.4 Å². The highest BCUT2D eigenvalue weighted by atomic mass is 19.4. The number of alkyl halides is 3. The molecule has 3 N–H and O–H groups in total. The van der Waals surface area contributed by atoms with Crippen molar-refractivity contribution in [3.8, 4) is 0 Å². The van der Waals surface area contributed by atoms with E-state index in [2.05, 4.69) is 17.2 Å². The van der Waals surface area contributed by atoms with Crippen molar-refractivity contribution >= 4 is 17.7 Å². The van der Waals surface area contributed by atoms with Crippen LogP contribution in [-0.4, -0.2) is 23.7 Å². The van der Waals surface area contributed by atoms with Crippen molar-refractivity contribution in [3.63, 3.8) is 0 Å². The van der Waals surface area contributed by atoms with E-state index in [1.165, 1.54) is 0 Å². The van der Waals surface area contributed by atoms with Crippen molar-refractivity contribution in [1.29, 1.82) is 0 Å². The minimum absolute atomic E-state index is 0.118. The molecule has 21 heavy (non-hydrogen) atoms. The largest absolute Gasteiger partial charge is 0.478 e. The lowest BCUT2D eigenvalue weighted by Gasteiger charge is -2.13. The van der Waals surface area contributed by atoms with Crippen LogP contribution in [0.15, 0.2) is 30.4 Å². The molecule has 1 aromatic rings. The molecular formula is C13H13F3N2O3. The smallest absolute Gasteiger partial charge is 0.416 e. The van der Waals surface area contributed by atoms with Crippen LogP contribution in [0.1, 0.15) is 22.8 Å². The average Bonchev–Trinajstić information content (AvgIpc) is 2.34. The molecule has 0 radical (unpaired) electrons. The molecule has 8 heteroatoms. The Morgan fingerprint density at radius 3 is 2.43 bits per heavy atom. The third-order valence-electron chi connectivity index (χ3n) is 2.38. The normalized spacial score (nSPS) is 10.9. The maximum Gasteiger partial charge on any atom is 0.416 e. The Hall–Kier alpha value is -2.51. The van der Waals surface area contributed by atoms with Crippen molar-refractivity contribution in [2.45, 2.75) is 13.1 Å². The summed E-state index contributed by atoms with van der Waals surface area (Å²) in [5, 5.41) is 13.3. The summed E-state index contributed by atoms with van der Waals surface area (Å²) in [6.45, 7) is 5.31. The molecule has 1 aromatic carbocycles. The first-order valence-electron chi connectivity index (χ1n) is 5.75. The van der Waals surface area contributed by atoms with E-state index >= 15 is 0 Å². The monoisotopic (exact) mass is 302 g/mol. The van der Waals surface area contributed by atoms with Gasteiger partial charge >= 0.3 is 18.2 Å². The zero-order valence-corrected chi connectivity index (χ0v) is 11.0. The zero-order valence-electron chi connectivity index (χ0n) is 11.0. The third kappa shape index (κ3) is 4.83. The summed E-state index contributed by atoms with van der Waals surface area (Å²) in [7, 11) is 0. The lowest BCUT2D eigenvalue weighted by molar-refractivity contribution is -0.137. The van der Waals surface area contributed by atoms with Crippen LogP contribution < -0.4 is 10.6 Å². The van der Waals surface area contributed by atoms with Crippen molar-refractivity contribution in [2.75, 3.05) is 11.9 Å². The van der Waals surface area contributed by atoms with E-state index in [1.54, 1.807) is 6.92 Å². The Bertz CT molecular complexity index is 583. The number of rotatable bonds is 4. The number of hydrogen-bond acceptors (Lipinski definition) is 2. The van der Waals surface area contributed by atoms with Crippen molar-refractivity contribution in [3.05, 3.63) is 41.5 Å². The first-order chi connectivity index (χ1) is 9.61. The molecule has 0 saturated heterocycles. The number of hydrogen-bond donors (Lipinski definition) is 3. The highest BCUT2D eigenvalue weighted by Crippen LogP contribution is 2.32. The lowest BCUT2D eigenvalue weighted by Crippen LogP contribution is -2.30. The number of urea groups is 1. The fourth-order valence-corrected chi connectivity index (χ4v) is 1.41. The summed E-state index contributed by atoms with van der Waals surface area (Å²) >= 11 is 0. The highest BCUT2D eigenvalue weighted by Gasteiger charge is 2.31. The molecule has 0 heterocycles. The van der Waals surface area contributed by atoms with Crippen molar-refractivity contribution < 1.29 is 27.9 Å². The molecule has 114 valence electrons. The average molecular weight is 302 g/mol. The SMILES string of the molecule is C=C(C)CNC(=O)Nc1cc(C(F)(F)F)ccc1C(=O)O. The molecule has 0 atom stereocenters. The van der Waals surface area contributed by atoms with Gasteiger partial charge in [0.2, 0.25) is 0 Å². The molecule has 0 aliphatic carbocycles. The zero-order chi connectivity index (χ0) is 16.2. The predicted molar refractivity (Wildman–Crippen MR) is 70.2 cm³/mol. The summed E-state index contributed by atoms with van der Waals surface area (Å²) in [4.78, 5) is 22.5. The number of carboxylic acid groups (broad SMARTS) is 1. The molecular weight excluding hydrogens is 289 g/mol. The van der Waals surface area contributed by atoms with E-state index < -0.39 is 35.0 Å². The van der Waals surface area contributed by atoms with Gasteiger partial charge in [-0.05, 0) is 25.1 Å². The molecule has 0 aliphatic heterocycles. The van der Waals surface area contributed by atoms with E-state index in [4.69, 9.17) is 5.11 Å². The standard InChI is InChI=1S/C13H13F3N2O3/c1-7(2)6-17-12(21)18-10-5-8(13(14,15)16)3-4-9(10)11(19)20/h3-5H,1,6H2,2H3,(H,19,20)(H2,17,18,21). The van der Waals surface area contributed by atoms with E-state index in [1.807, 2.05) is 0 Å². The van der Waals surface area contributed by atoms with Crippen molar-refractivity contribution in [1.82, 2.24) is 5.32 Å². The molecule has 0 spiro atoms. The second-order valence-electron chi connectivity index (χ2n) is 4.33. The van der Waals surface area contributed by atoms with Gasteiger partial charge in [0.25, 0.3) is 0 Å². The van der Waals surface area contributed by atoms with Crippen LogP contribution in [0.2, 0.25) is 0 Å². The van der Waals surface area contributed by atoms with E-state index in [-0.39, 0.29) is 6.54 Å². The summed E-state index contributed by atoms with van der Waals surface area (Å²) in [6, 6.07) is 1.18. The molecule has 1 rings (SSSR count). The Labute approximate surface area is 118 Å². The Morgan fingerprint density at radius 1 is 1.33 bits per heavy atom. The number of carbonyl (C=O) groups is 2. The first-order valence-corrected chi connectivity index (χ1v) is 5.75. The Morgan fingerprint density at radius 2 is 1.95 bits per heavy atom. The number of aromatic carboxylic acids is 1. The Balaban J connectivity index is 3.04. The highest BCUT2D eigenvalue weighted by molar-refractivity contribution is 6.00. The van der Waals surface area contributed by atoms with Crippen LogP contribution in [0.4, 0.5) is 23.7 Å². The number of anilines is 1. The van der Waals surface area contributed by atoms with Crippen LogP contribution in [0.3, 0.4) is 0 Å². The van der Waals surface area contributed by atoms with Crippen LogP contribution >= 0.6 is 0 Å². The van der Waals surface area contributed by atoms with Gasteiger partial charge < -0.3 is 15.7 Å². The molecule has 5 nitrogen and oxygen atoms in total. The van der Waals surface area contributed by atoms with E-state index in [0.29, 0.717) is 17.7 Å². The molecule has 0 unspecified atom stereocenters. The number of amides is 2. The summed E-state index contributed by atoms with van der Waals surface area (Å²) in [5.41, 5.74) is -1.29. The summed E-state index contributed by atoms with van der Waals surface area (Å²) in [6.07, 6.45) is -4.64. The minimum atomic E-state index is -4.64. The van der Waals surface area contributed by atoms with Crippen LogP contribution in [-0.2, 0) is 6.18 Å². The van der Waals surface area contributed by atoms with Gasteiger partial charge in [0.15, 0.2) is 0 Å². The van der Waals surface area contributed by atoms with Gasteiger partial charge in [-0.25, -0.2) is 9.59 Å². The predicted octanol–water partition coefficient (Wildman–Crippen LogP) is 3.10. The Kier molecular flexibility index (Phi) is 4.96. The maximum atomic E-state index is 12.6. The maximum absolute atomic E-state index is 12.6. The van der Waals surface area contributed by atoms with Gasteiger partial charge in [0, 0.05) is 6.54 Å². The van der Waals surface area contributed by atoms with Gasteiger partial charge in [-0.1, -0.05) is 12.2 Å². The quantitative estimate of drug-likeness (QED) is 0.748. The molecule has 0 fully saturated rings. The number of carboxylic acids is 1. The van der Waals surface area contributed by atoms with Gasteiger partial charge in [-0.3, -0.25) is 0 Å². The molecule has 0 aliphatic rings. The number of carbonyl (C=O) groups excluding carboxylic acids is 1. The molecule has 0 aromatic heterocycles. The second-order valence-corrected chi connectivity index (χ2v) is 4.33. The number of benzene rings is 1. The third-order valence-corrected chi connectivity index (χ3v) is 2.38. The van der Waals surface area contributed by atoms with Crippen molar-refractivity contribution in [2.24, 2.45) is 0 Å². The van der Waals surface area contributed by atoms with E-state index in [9.17, 15) is 22.8 Å². The second kappa shape index (κ2) is 6.29. The fourth-order valence-electron chi connectivity index (χ4n) is 1.41. The van der Waals surface area contributed by atoms with Gasteiger partial charge in [-0.15, -0.1) is 0 Å². The number of halogens is 3. The first kappa shape index (κ1) is 16.5. The summed E-state index contributed by atoms with van der Waals surface area (Å²) < 4.78 is 37.8. The number of nitrogens with one attached hydrogen (secondary N) is 2. The molecule has 0 saturated carbocycles. The minimum Gasteiger partial charge on any atom is -0.478 e. The van der Waals surface area contributed by atoms with Gasteiger partial charge in [-0.2, -0.15) is 13.2 Å². The lowest BCUT2D eigenvalue weighted by atomic mass is 10.1. The van der Waals surface area contributed by atoms with Gasteiger partial charge in [0.1, 0.15) is 0 Å². The fraction of sp³-hybridized carbons (Fsp3) is 0.231. The molecule has 2 amide bonds. The molecule has 0 bridgehead atoms. The van der Waals surface area contributed by atoms with Crippen LogP contribution in [0.5, 0.6) is 0 Å².